The molecule has 0 spiro atoms. The summed E-state index contributed by atoms with van der Waals surface area (Å²) in [6.45, 7) is 3.93. The third-order valence-electron chi connectivity index (χ3n) is 4.86. The van der Waals surface area contributed by atoms with Gasteiger partial charge in [0.15, 0.2) is 6.10 Å². The number of benzene rings is 2. The number of ketones is 1. The van der Waals surface area contributed by atoms with Gasteiger partial charge >= 0.3 is 5.97 Å². The van der Waals surface area contributed by atoms with E-state index >= 15 is 0 Å². The van der Waals surface area contributed by atoms with Crippen molar-refractivity contribution < 1.29 is 24.2 Å². The molecule has 0 aliphatic carbocycles. The first-order valence-electron chi connectivity index (χ1n) is 9.89. The lowest BCUT2D eigenvalue weighted by Gasteiger charge is -2.10. The average Bonchev–Trinajstić information content (AvgIpc) is 3.22. The maximum absolute atomic E-state index is 13.0. The Hall–Kier alpha value is -3.80. The number of carboxylic acids is 1. The molecular formula is C25H25NO5. The smallest absolute Gasteiger partial charge is 0.344 e. The zero-order valence-corrected chi connectivity index (χ0v) is 17.7. The number of aromatic nitrogens is 1. The van der Waals surface area contributed by atoms with Crippen LogP contribution in [0.5, 0.6) is 11.5 Å². The molecule has 1 aromatic heterocycles. The van der Waals surface area contributed by atoms with E-state index in [1.807, 2.05) is 48.0 Å². The molecule has 2 aromatic carbocycles. The molecule has 1 N–H and O–H groups in total. The van der Waals surface area contributed by atoms with Crippen LogP contribution >= 0.6 is 0 Å². The maximum Gasteiger partial charge on any atom is 0.344 e. The lowest BCUT2D eigenvalue weighted by atomic mass is 10.1. The summed E-state index contributed by atoms with van der Waals surface area (Å²) in [5, 5.41) is 8.98. The number of ether oxygens (including phenoxy) is 2. The SMILES string of the molecule is COc1cc(C(=O)c2cccn2C/C=C/c2cccc(OC(C)C(=O)O)c2)ccc1C. The highest BCUT2D eigenvalue weighted by Crippen LogP contribution is 2.21. The number of carboxylic acid groups (broad SMARTS) is 1. The van der Waals surface area contributed by atoms with Gasteiger partial charge in [-0.3, -0.25) is 4.79 Å². The Balaban J connectivity index is 1.72. The molecule has 3 aromatic rings. The van der Waals surface area contributed by atoms with E-state index in [0.717, 1.165) is 11.1 Å². The van der Waals surface area contributed by atoms with Gasteiger partial charge in [0.05, 0.1) is 12.8 Å². The number of rotatable bonds is 9. The minimum atomic E-state index is -1.02. The molecule has 1 heterocycles. The van der Waals surface area contributed by atoms with Crippen LogP contribution in [-0.4, -0.2) is 34.6 Å². The van der Waals surface area contributed by atoms with E-state index in [9.17, 15) is 9.59 Å². The number of nitrogens with zero attached hydrogens (tertiary/aromatic N) is 1. The molecule has 0 saturated heterocycles. The van der Waals surface area contributed by atoms with Gasteiger partial charge in [-0.1, -0.05) is 36.4 Å². The Morgan fingerprint density at radius 3 is 2.68 bits per heavy atom. The minimum Gasteiger partial charge on any atom is -0.496 e. The number of carbonyl (C=O) groups excluding carboxylic acids is 1. The van der Waals surface area contributed by atoms with E-state index in [0.29, 0.717) is 29.3 Å². The van der Waals surface area contributed by atoms with Crippen LogP contribution in [0.25, 0.3) is 6.08 Å². The molecule has 0 saturated carbocycles. The van der Waals surface area contributed by atoms with Gasteiger partial charge in [0.25, 0.3) is 0 Å². The van der Waals surface area contributed by atoms with Crippen LogP contribution < -0.4 is 9.47 Å². The third kappa shape index (κ3) is 5.42. The van der Waals surface area contributed by atoms with Crippen molar-refractivity contribution in [1.29, 1.82) is 0 Å². The number of hydrogen-bond donors (Lipinski definition) is 1. The fraction of sp³-hybridized carbons (Fsp3) is 0.200. The number of methoxy groups -OCH3 is 1. The first-order valence-corrected chi connectivity index (χ1v) is 9.89. The van der Waals surface area contributed by atoms with Crippen LogP contribution in [0.3, 0.4) is 0 Å². The second-order valence-corrected chi connectivity index (χ2v) is 7.13. The lowest BCUT2D eigenvalue weighted by molar-refractivity contribution is -0.144. The molecule has 6 heteroatoms. The van der Waals surface area contributed by atoms with E-state index in [1.54, 1.807) is 43.5 Å². The average molecular weight is 419 g/mol. The van der Waals surface area contributed by atoms with E-state index in [1.165, 1.54) is 6.92 Å². The Morgan fingerprint density at radius 2 is 1.94 bits per heavy atom. The summed E-state index contributed by atoms with van der Waals surface area (Å²) < 4.78 is 12.6. The van der Waals surface area contributed by atoms with E-state index < -0.39 is 12.1 Å². The zero-order chi connectivity index (χ0) is 22.4. The third-order valence-corrected chi connectivity index (χ3v) is 4.86. The van der Waals surface area contributed by atoms with Crippen molar-refractivity contribution in [2.24, 2.45) is 0 Å². The van der Waals surface area contributed by atoms with Crippen LogP contribution in [0.15, 0.2) is 66.9 Å². The largest absolute Gasteiger partial charge is 0.496 e. The minimum absolute atomic E-state index is 0.0743. The molecule has 6 nitrogen and oxygen atoms in total. The fourth-order valence-electron chi connectivity index (χ4n) is 3.14. The van der Waals surface area contributed by atoms with Gasteiger partial charge in [0.1, 0.15) is 11.5 Å². The molecule has 160 valence electrons. The topological polar surface area (TPSA) is 77.8 Å². The molecule has 0 amide bonds. The Morgan fingerprint density at radius 1 is 1.13 bits per heavy atom. The van der Waals surface area contributed by atoms with Crippen molar-refractivity contribution >= 4 is 17.8 Å². The van der Waals surface area contributed by atoms with Crippen molar-refractivity contribution in [2.45, 2.75) is 26.5 Å². The quantitative estimate of drug-likeness (QED) is 0.513. The number of hydrogen-bond acceptors (Lipinski definition) is 4. The summed E-state index contributed by atoms with van der Waals surface area (Å²) in [6.07, 6.45) is 4.78. The molecule has 3 rings (SSSR count). The van der Waals surface area contributed by atoms with Gasteiger partial charge in [0, 0.05) is 18.3 Å². The summed E-state index contributed by atoms with van der Waals surface area (Å²) in [5.74, 6) is 0.0806. The molecule has 1 unspecified atom stereocenters. The number of aliphatic carboxylic acids is 1. The lowest BCUT2D eigenvalue weighted by Crippen LogP contribution is -2.22. The molecule has 0 aliphatic rings. The number of aryl methyl sites for hydroxylation is 1. The van der Waals surface area contributed by atoms with Crippen molar-refractivity contribution in [3.63, 3.8) is 0 Å². The highest BCUT2D eigenvalue weighted by molar-refractivity contribution is 6.08. The van der Waals surface area contributed by atoms with Gasteiger partial charge in [-0.2, -0.15) is 0 Å². The predicted molar refractivity (Wildman–Crippen MR) is 119 cm³/mol. The van der Waals surface area contributed by atoms with Gasteiger partial charge < -0.3 is 19.1 Å². The van der Waals surface area contributed by atoms with E-state index in [-0.39, 0.29) is 5.78 Å². The normalized spacial score (nSPS) is 12.0. The Labute approximate surface area is 181 Å². The summed E-state index contributed by atoms with van der Waals surface area (Å²) in [6, 6.07) is 16.3. The van der Waals surface area contributed by atoms with E-state index in [2.05, 4.69) is 0 Å². The molecule has 0 radical (unpaired) electrons. The summed E-state index contributed by atoms with van der Waals surface area (Å²) in [7, 11) is 1.59. The maximum atomic E-state index is 13.0. The van der Waals surface area contributed by atoms with Gasteiger partial charge in [0.2, 0.25) is 5.78 Å². The van der Waals surface area contributed by atoms with Crippen LogP contribution in [0.4, 0.5) is 0 Å². The number of allylic oxidation sites excluding steroid dienone is 1. The van der Waals surface area contributed by atoms with Crippen molar-refractivity contribution in [1.82, 2.24) is 4.57 Å². The highest BCUT2D eigenvalue weighted by atomic mass is 16.5. The zero-order valence-electron chi connectivity index (χ0n) is 17.7. The van der Waals surface area contributed by atoms with Crippen LogP contribution in [0, 0.1) is 6.92 Å². The standard InChI is InChI=1S/C25H25NO5/c1-17-11-12-20(16-23(17)30-3)24(27)22-10-6-14-26(22)13-5-8-19-7-4-9-21(15-19)31-18(2)25(28)29/h4-12,14-16,18H,13H2,1-3H3,(H,28,29)/b8-5+. The molecular weight excluding hydrogens is 394 g/mol. The van der Waals surface area contributed by atoms with Crippen molar-refractivity contribution in [3.05, 3.63) is 89.3 Å². The fourth-order valence-corrected chi connectivity index (χ4v) is 3.14. The first kappa shape index (κ1) is 21.9. The summed E-state index contributed by atoms with van der Waals surface area (Å²) >= 11 is 0. The van der Waals surface area contributed by atoms with Crippen LogP contribution in [-0.2, 0) is 11.3 Å². The Kier molecular flexibility index (Phi) is 6.92. The van der Waals surface area contributed by atoms with Gasteiger partial charge in [-0.15, -0.1) is 0 Å². The molecule has 0 aliphatic heterocycles. The monoisotopic (exact) mass is 419 g/mol. The first-order chi connectivity index (χ1) is 14.9. The van der Waals surface area contributed by atoms with Gasteiger partial charge in [-0.05, 0) is 55.3 Å². The second-order valence-electron chi connectivity index (χ2n) is 7.13. The second kappa shape index (κ2) is 9.80. The van der Waals surface area contributed by atoms with Crippen molar-refractivity contribution in [3.8, 4) is 11.5 Å². The molecule has 0 fully saturated rings. The van der Waals surface area contributed by atoms with Crippen LogP contribution in [0.2, 0.25) is 0 Å². The van der Waals surface area contributed by atoms with Crippen molar-refractivity contribution in [2.75, 3.05) is 7.11 Å². The molecule has 1 atom stereocenters. The molecule has 0 bridgehead atoms. The number of carbonyl (C=O) groups is 2. The van der Waals surface area contributed by atoms with Gasteiger partial charge in [-0.25, -0.2) is 4.79 Å². The van der Waals surface area contributed by atoms with E-state index in [4.69, 9.17) is 14.6 Å². The summed E-state index contributed by atoms with van der Waals surface area (Å²) in [4.78, 5) is 23.9. The predicted octanol–water partition coefficient (Wildman–Crippen LogP) is 4.60. The molecule has 31 heavy (non-hydrogen) atoms. The Bertz CT molecular complexity index is 1110. The highest BCUT2D eigenvalue weighted by Gasteiger charge is 2.15. The van der Waals surface area contributed by atoms with Crippen LogP contribution in [0.1, 0.15) is 34.1 Å². The summed E-state index contributed by atoms with van der Waals surface area (Å²) in [5.41, 5.74) is 3.01.